The molecule has 5 aromatic rings. The number of imidazole rings is 1. The molecule has 0 atom stereocenters. The molecule has 31 heavy (non-hydrogen) atoms. The summed E-state index contributed by atoms with van der Waals surface area (Å²) in [6.07, 6.45) is 4.46. The van der Waals surface area contributed by atoms with Crippen molar-refractivity contribution in [2.24, 2.45) is 7.05 Å². The van der Waals surface area contributed by atoms with Gasteiger partial charge in [0.15, 0.2) is 5.52 Å². The Kier molecular flexibility index (Phi) is 4.51. The van der Waals surface area contributed by atoms with Gasteiger partial charge in [-0.25, -0.2) is 4.57 Å². The van der Waals surface area contributed by atoms with Crippen molar-refractivity contribution in [1.82, 2.24) is 9.38 Å². The van der Waals surface area contributed by atoms with Crippen LogP contribution in [0, 0.1) is 13.8 Å². The summed E-state index contributed by atoms with van der Waals surface area (Å²) in [4.78, 5) is 7.03. The predicted molar refractivity (Wildman–Crippen MR) is 128 cm³/mol. The number of rotatable bonds is 3. The van der Waals surface area contributed by atoms with Crippen LogP contribution in [-0.2, 0) is 7.05 Å². The van der Waals surface area contributed by atoms with E-state index >= 15 is 0 Å². The molecule has 0 saturated heterocycles. The minimum absolute atomic E-state index is 1.02. The van der Waals surface area contributed by atoms with E-state index in [0.717, 1.165) is 16.9 Å². The topological polar surface area (TPSA) is 24.4 Å². The lowest BCUT2D eigenvalue weighted by molar-refractivity contribution is -0.651. The van der Waals surface area contributed by atoms with Crippen LogP contribution in [-0.4, -0.2) is 23.5 Å². The SMILES string of the molecule is Cc1c(-c2ccccc2)/c(=C/c2ccc(N(C)C)cc2)n2ccc3c(nc(C)[n+]3C)c12. The van der Waals surface area contributed by atoms with Crippen molar-refractivity contribution in [2.45, 2.75) is 13.8 Å². The Labute approximate surface area is 182 Å². The van der Waals surface area contributed by atoms with Crippen LogP contribution in [0.1, 0.15) is 17.0 Å². The number of hydrogen-bond donors (Lipinski definition) is 0. The number of nitrogens with zero attached hydrogens (tertiary/aromatic N) is 4. The summed E-state index contributed by atoms with van der Waals surface area (Å²) < 4.78 is 4.46. The highest BCUT2D eigenvalue weighted by atomic mass is 15.1. The first-order valence-corrected chi connectivity index (χ1v) is 10.6. The van der Waals surface area contributed by atoms with Gasteiger partial charge in [-0.1, -0.05) is 42.5 Å². The first-order valence-electron chi connectivity index (χ1n) is 10.6. The van der Waals surface area contributed by atoms with Crippen LogP contribution in [0.15, 0.2) is 66.9 Å². The molecule has 2 aromatic carbocycles. The highest BCUT2D eigenvalue weighted by Crippen LogP contribution is 2.28. The summed E-state index contributed by atoms with van der Waals surface area (Å²) in [7, 11) is 6.21. The summed E-state index contributed by atoms with van der Waals surface area (Å²) in [6.45, 7) is 4.28. The van der Waals surface area contributed by atoms with Gasteiger partial charge in [0, 0.05) is 44.5 Å². The molecule has 0 aliphatic heterocycles. The molecule has 3 aromatic heterocycles. The Morgan fingerprint density at radius 3 is 2.32 bits per heavy atom. The maximum absolute atomic E-state index is 4.91. The zero-order chi connectivity index (χ0) is 21.7. The van der Waals surface area contributed by atoms with E-state index in [1.165, 1.54) is 38.8 Å². The van der Waals surface area contributed by atoms with E-state index < -0.39 is 0 Å². The van der Waals surface area contributed by atoms with Crippen molar-refractivity contribution in [3.63, 3.8) is 0 Å². The molecule has 0 aliphatic carbocycles. The molecule has 0 bridgehead atoms. The van der Waals surface area contributed by atoms with Gasteiger partial charge in [-0.15, -0.1) is 0 Å². The van der Waals surface area contributed by atoms with Crippen molar-refractivity contribution >= 4 is 28.3 Å². The number of aromatic nitrogens is 3. The van der Waals surface area contributed by atoms with Gasteiger partial charge in [0.2, 0.25) is 5.52 Å². The fourth-order valence-electron chi connectivity index (χ4n) is 4.45. The molecular weight excluding hydrogens is 380 g/mol. The van der Waals surface area contributed by atoms with Crippen LogP contribution in [0.25, 0.3) is 33.8 Å². The van der Waals surface area contributed by atoms with Gasteiger partial charge in [-0.3, -0.25) is 0 Å². The molecule has 0 N–H and O–H groups in total. The monoisotopic (exact) mass is 407 g/mol. The van der Waals surface area contributed by atoms with Crippen molar-refractivity contribution in [3.8, 4) is 11.1 Å². The Morgan fingerprint density at radius 1 is 0.935 bits per heavy atom. The average Bonchev–Trinajstić information content (AvgIpc) is 3.22. The van der Waals surface area contributed by atoms with Crippen LogP contribution >= 0.6 is 0 Å². The summed E-state index contributed by atoms with van der Waals surface area (Å²) in [5.74, 6) is 1.02. The Morgan fingerprint density at radius 2 is 1.65 bits per heavy atom. The summed E-state index contributed by atoms with van der Waals surface area (Å²) in [5.41, 5.74) is 9.50. The molecule has 4 heteroatoms. The second-order valence-electron chi connectivity index (χ2n) is 8.37. The first kappa shape index (κ1) is 19.3. The maximum atomic E-state index is 4.91. The van der Waals surface area contributed by atoms with E-state index in [1.54, 1.807) is 0 Å². The average molecular weight is 408 g/mol. The normalized spacial score (nSPS) is 12.2. The maximum Gasteiger partial charge on any atom is 0.296 e. The fraction of sp³-hybridized carbons (Fsp3) is 0.185. The molecule has 0 spiro atoms. The number of benzene rings is 2. The summed E-state index contributed by atoms with van der Waals surface area (Å²) in [6, 6.07) is 21.5. The smallest absolute Gasteiger partial charge is 0.296 e. The van der Waals surface area contributed by atoms with E-state index in [2.05, 4.69) is 122 Å². The van der Waals surface area contributed by atoms with Crippen molar-refractivity contribution in [1.29, 1.82) is 0 Å². The van der Waals surface area contributed by atoms with Gasteiger partial charge in [0.1, 0.15) is 5.52 Å². The second kappa shape index (κ2) is 7.24. The first-order chi connectivity index (χ1) is 15.0. The van der Waals surface area contributed by atoms with E-state index in [0.29, 0.717) is 0 Å². The van der Waals surface area contributed by atoms with E-state index in [-0.39, 0.29) is 0 Å². The molecule has 0 aliphatic rings. The number of anilines is 1. The Bertz CT molecular complexity index is 1460. The zero-order valence-electron chi connectivity index (χ0n) is 18.7. The number of hydrogen-bond acceptors (Lipinski definition) is 2. The lowest BCUT2D eigenvalue weighted by atomic mass is 10.0. The largest absolute Gasteiger partial charge is 0.378 e. The molecule has 3 heterocycles. The third-order valence-corrected chi connectivity index (χ3v) is 6.23. The second-order valence-corrected chi connectivity index (χ2v) is 8.37. The number of pyridine rings is 1. The van der Waals surface area contributed by atoms with E-state index in [4.69, 9.17) is 4.98 Å². The Balaban J connectivity index is 1.88. The number of aryl methyl sites for hydroxylation is 3. The van der Waals surface area contributed by atoms with Crippen LogP contribution < -0.4 is 14.8 Å². The van der Waals surface area contributed by atoms with E-state index in [9.17, 15) is 0 Å². The summed E-state index contributed by atoms with van der Waals surface area (Å²) >= 11 is 0. The van der Waals surface area contributed by atoms with E-state index in [1.807, 2.05) is 0 Å². The lowest BCUT2D eigenvalue weighted by Gasteiger charge is -2.11. The zero-order valence-corrected chi connectivity index (χ0v) is 18.7. The standard InChI is InChI=1S/C27H27N4/c1-18-25(21-9-7-6-8-10-21)24(17-20-11-13-22(14-12-20)29(3)4)31-16-15-23-26(27(18)31)28-19(2)30(23)5/h6-17H,1-5H3/q+1. The third-order valence-electron chi connectivity index (χ3n) is 6.23. The number of fused-ring (bicyclic) bond motifs is 3. The highest BCUT2D eigenvalue weighted by Gasteiger charge is 2.22. The van der Waals surface area contributed by atoms with Crippen LogP contribution in [0.4, 0.5) is 5.69 Å². The van der Waals surface area contributed by atoms with Gasteiger partial charge in [-0.05, 0) is 46.8 Å². The molecule has 154 valence electrons. The van der Waals surface area contributed by atoms with Crippen molar-refractivity contribution in [2.75, 3.05) is 19.0 Å². The minimum Gasteiger partial charge on any atom is -0.378 e. The quantitative estimate of drug-likeness (QED) is 0.419. The van der Waals surface area contributed by atoms with Gasteiger partial charge in [0.25, 0.3) is 5.82 Å². The van der Waals surface area contributed by atoms with Gasteiger partial charge in [0.05, 0.1) is 12.4 Å². The molecule has 0 unspecified atom stereocenters. The Hall–Kier alpha value is -3.66. The third kappa shape index (κ3) is 3.07. The van der Waals surface area contributed by atoms with Gasteiger partial charge >= 0.3 is 0 Å². The predicted octanol–water partition coefficient (Wildman–Crippen LogP) is 4.21. The molecule has 4 nitrogen and oxygen atoms in total. The van der Waals surface area contributed by atoms with Gasteiger partial charge in [-0.2, -0.15) is 0 Å². The minimum atomic E-state index is 1.02. The molecular formula is C27H27N4+. The molecule has 0 amide bonds. The van der Waals surface area contributed by atoms with Crippen molar-refractivity contribution < 1.29 is 4.57 Å². The van der Waals surface area contributed by atoms with Crippen LogP contribution in [0.3, 0.4) is 0 Å². The van der Waals surface area contributed by atoms with Crippen LogP contribution in [0.2, 0.25) is 0 Å². The highest BCUT2D eigenvalue weighted by molar-refractivity contribution is 5.95. The lowest BCUT2D eigenvalue weighted by Crippen LogP contribution is -2.29. The fourth-order valence-corrected chi connectivity index (χ4v) is 4.45. The van der Waals surface area contributed by atoms with Gasteiger partial charge < -0.3 is 9.30 Å². The van der Waals surface area contributed by atoms with Crippen LogP contribution in [0.5, 0.6) is 0 Å². The van der Waals surface area contributed by atoms with Crippen molar-refractivity contribution in [3.05, 3.63) is 89.2 Å². The molecule has 0 radical (unpaired) electrons. The molecule has 0 saturated carbocycles. The summed E-state index contributed by atoms with van der Waals surface area (Å²) in [5, 5.41) is 1.18. The molecule has 5 rings (SSSR count). The molecule has 0 fully saturated rings.